The lowest BCUT2D eigenvalue weighted by Crippen LogP contribution is -2.16. The van der Waals surface area contributed by atoms with Crippen molar-refractivity contribution in [3.63, 3.8) is 0 Å². The summed E-state index contributed by atoms with van der Waals surface area (Å²) in [6.07, 6.45) is 15.4. The van der Waals surface area contributed by atoms with Crippen molar-refractivity contribution >= 4 is 0 Å². The van der Waals surface area contributed by atoms with Crippen molar-refractivity contribution in [3.8, 4) is 0 Å². The lowest BCUT2D eigenvalue weighted by atomic mass is 10.1. The van der Waals surface area contributed by atoms with E-state index in [0.717, 1.165) is 0 Å². The van der Waals surface area contributed by atoms with Gasteiger partial charge < -0.3 is 5.32 Å². The van der Waals surface area contributed by atoms with Gasteiger partial charge in [0.15, 0.2) is 0 Å². The molecular weight excluding hydrogens is 194 g/mol. The number of unbranched alkanes of at least 4 members (excludes halogenated alkanes) is 9. The van der Waals surface area contributed by atoms with Crippen LogP contribution in [-0.2, 0) is 0 Å². The van der Waals surface area contributed by atoms with Crippen LogP contribution in [0.5, 0.6) is 0 Å². The zero-order valence-electron chi connectivity index (χ0n) is 11.7. The molecule has 1 nitrogen and oxygen atoms in total. The first kappa shape index (κ1) is 16.0. The molecule has 0 heterocycles. The van der Waals surface area contributed by atoms with Crippen LogP contribution in [0.25, 0.3) is 0 Å². The zero-order valence-corrected chi connectivity index (χ0v) is 11.7. The van der Waals surface area contributed by atoms with Crippen LogP contribution in [-0.4, -0.2) is 13.1 Å². The third-order valence-electron chi connectivity index (χ3n) is 3.16. The monoisotopic (exact) mass is 227 g/mol. The number of rotatable bonds is 13. The van der Waals surface area contributed by atoms with Gasteiger partial charge in [0.25, 0.3) is 0 Å². The average Bonchev–Trinajstić information content (AvgIpc) is 2.31. The Kier molecular flexibility index (Phi) is 14.9. The fraction of sp³-hybridized carbons (Fsp3) is 1.00. The van der Waals surface area contributed by atoms with Crippen LogP contribution in [0.3, 0.4) is 0 Å². The molecule has 0 unspecified atom stereocenters. The summed E-state index contributed by atoms with van der Waals surface area (Å²) >= 11 is 0. The number of nitrogens with one attached hydrogen (secondary N) is 1. The van der Waals surface area contributed by atoms with Crippen LogP contribution in [0.4, 0.5) is 0 Å². The molecule has 1 heteroatoms. The van der Waals surface area contributed by atoms with E-state index in [1.807, 2.05) is 0 Å². The van der Waals surface area contributed by atoms with E-state index in [2.05, 4.69) is 19.2 Å². The molecule has 0 aromatic heterocycles. The van der Waals surface area contributed by atoms with Gasteiger partial charge in [-0.1, -0.05) is 71.6 Å². The molecule has 0 aromatic carbocycles. The van der Waals surface area contributed by atoms with Gasteiger partial charge in [0.05, 0.1) is 0 Å². The Morgan fingerprint density at radius 3 is 1.31 bits per heavy atom. The molecule has 0 radical (unpaired) electrons. The highest BCUT2D eigenvalue weighted by atomic mass is 14.8. The molecule has 98 valence electrons. The van der Waals surface area contributed by atoms with Gasteiger partial charge in [0.1, 0.15) is 0 Å². The molecule has 0 saturated heterocycles. The van der Waals surface area contributed by atoms with Gasteiger partial charge in [0.2, 0.25) is 0 Å². The highest BCUT2D eigenvalue weighted by Gasteiger charge is 1.91. The molecule has 0 rings (SSSR count). The van der Waals surface area contributed by atoms with E-state index in [9.17, 15) is 0 Å². The highest BCUT2D eigenvalue weighted by molar-refractivity contribution is 4.51. The first-order valence-corrected chi connectivity index (χ1v) is 7.62. The normalized spacial score (nSPS) is 10.9. The van der Waals surface area contributed by atoms with E-state index in [0.29, 0.717) is 0 Å². The van der Waals surface area contributed by atoms with Crippen molar-refractivity contribution in [3.05, 3.63) is 0 Å². The molecule has 0 bridgehead atoms. The Morgan fingerprint density at radius 1 is 0.500 bits per heavy atom. The maximum atomic E-state index is 3.55. The average molecular weight is 227 g/mol. The van der Waals surface area contributed by atoms with Crippen molar-refractivity contribution in [1.82, 2.24) is 5.32 Å². The molecule has 0 aliphatic heterocycles. The molecule has 0 atom stereocenters. The van der Waals surface area contributed by atoms with E-state index in [4.69, 9.17) is 0 Å². The molecule has 0 aromatic rings. The van der Waals surface area contributed by atoms with Gasteiger partial charge in [0, 0.05) is 0 Å². The predicted octanol–water partition coefficient (Wildman–Crippen LogP) is 4.91. The maximum Gasteiger partial charge on any atom is -0.00489 e. The molecule has 0 aliphatic carbocycles. The standard InChI is InChI=1S/C15H33N/c1-3-5-7-9-11-13-15-16-14-12-10-8-6-4-2/h16H,3-15H2,1-2H3. The third-order valence-corrected chi connectivity index (χ3v) is 3.16. The molecule has 0 aliphatic rings. The van der Waals surface area contributed by atoms with Gasteiger partial charge in [-0.2, -0.15) is 0 Å². The first-order chi connectivity index (χ1) is 7.91. The zero-order chi connectivity index (χ0) is 11.9. The maximum absolute atomic E-state index is 3.55. The quantitative estimate of drug-likeness (QED) is 0.441. The van der Waals surface area contributed by atoms with Crippen LogP contribution >= 0.6 is 0 Å². The molecule has 0 spiro atoms. The number of hydrogen-bond donors (Lipinski definition) is 1. The van der Waals surface area contributed by atoms with E-state index in [1.54, 1.807) is 0 Å². The van der Waals surface area contributed by atoms with Crippen molar-refractivity contribution in [2.75, 3.05) is 13.1 Å². The van der Waals surface area contributed by atoms with Gasteiger partial charge in [-0.05, 0) is 25.9 Å². The third kappa shape index (κ3) is 14.0. The van der Waals surface area contributed by atoms with Crippen LogP contribution < -0.4 is 5.32 Å². The first-order valence-electron chi connectivity index (χ1n) is 7.62. The summed E-state index contributed by atoms with van der Waals surface area (Å²) in [6, 6.07) is 0. The van der Waals surface area contributed by atoms with Crippen LogP contribution in [0.2, 0.25) is 0 Å². The lowest BCUT2D eigenvalue weighted by molar-refractivity contribution is 0.547. The molecule has 0 fully saturated rings. The van der Waals surface area contributed by atoms with Crippen molar-refractivity contribution in [1.29, 1.82) is 0 Å². The SMILES string of the molecule is CCCCCCCCNCCCCCCC. The second kappa shape index (κ2) is 15.0. The molecular formula is C15H33N. The molecule has 16 heavy (non-hydrogen) atoms. The van der Waals surface area contributed by atoms with E-state index < -0.39 is 0 Å². The van der Waals surface area contributed by atoms with Gasteiger partial charge in [-0.15, -0.1) is 0 Å². The molecule has 0 amide bonds. The second-order valence-corrected chi connectivity index (χ2v) is 4.93. The molecule has 0 saturated carbocycles. The summed E-state index contributed by atoms with van der Waals surface area (Å²) in [4.78, 5) is 0. The summed E-state index contributed by atoms with van der Waals surface area (Å²) in [5, 5.41) is 3.55. The van der Waals surface area contributed by atoms with Crippen molar-refractivity contribution in [2.24, 2.45) is 0 Å². The van der Waals surface area contributed by atoms with E-state index in [1.165, 1.54) is 83.7 Å². The van der Waals surface area contributed by atoms with Crippen LogP contribution in [0, 0.1) is 0 Å². The minimum Gasteiger partial charge on any atom is -0.317 e. The summed E-state index contributed by atoms with van der Waals surface area (Å²) in [7, 11) is 0. The van der Waals surface area contributed by atoms with Gasteiger partial charge in [-0.25, -0.2) is 0 Å². The summed E-state index contributed by atoms with van der Waals surface area (Å²) in [5.41, 5.74) is 0. The topological polar surface area (TPSA) is 12.0 Å². The van der Waals surface area contributed by atoms with E-state index >= 15 is 0 Å². The largest absolute Gasteiger partial charge is 0.317 e. The summed E-state index contributed by atoms with van der Waals surface area (Å²) in [6.45, 7) is 7.02. The fourth-order valence-electron chi connectivity index (χ4n) is 2.01. The summed E-state index contributed by atoms with van der Waals surface area (Å²) < 4.78 is 0. The van der Waals surface area contributed by atoms with Gasteiger partial charge in [-0.3, -0.25) is 0 Å². The minimum absolute atomic E-state index is 1.23. The van der Waals surface area contributed by atoms with Crippen LogP contribution in [0.1, 0.15) is 84.5 Å². The lowest BCUT2D eigenvalue weighted by Gasteiger charge is -2.04. The van der Waals surface area contributed by atoms with E-state index in [-0.39, 0.29) is 0 Å². The Labute approximate surface area is 103 Å². The molecule has 1 N–H and O–H groups in total. The minimum atomic E-state index is 1.23. The highest BCUT2D eigenvalue weighted by Crippen LogP contribution is 2.04. The smallest absolute Gasteiger partial charge is 0.00489 e. The van der Waals surface area contributed by atoms with Crippen molar-refractivity contribution in [2.45, 2.75) is 84.5 Å². The Balaban J connectivity index is 2.83. The Morgan fingerprint density at radius 2 is 0.875 bits per heavy atom. The Hall–Kier alpha value is -0.0400. The van der Waals surface area contributed by atoms with Crippen molar-refractivity contribution < 1.29 is 0 Å². The number of hydrogen-bond acceptors (Lipinski definition) is 1. The predicted molar refractivity (Wildman–Crippen MR) is 75.0 cm³/mol. The Bertz CT molecular complexity index is 98.0. The van der Waals surface area contributed by atoms with Crippen LogP contribution in [0.15, 0.2) is 0 Å². The second-order valence-electron chi connectivity index (χ2n) is 4.93. The fourth-order valence-corrected chi connectivity index (χ4v) is 2.01. The summed E-state index contributed by atoms with van der Waals surface area (Å²) in [5.74, 6) is 0. The van der Waals surface area contributed by atoms with Gasteiger partial charge >= 0.3 is 0 Å².